The molecule has 9 nitrogen and oxygen atoms in total. The van der Waals surface area contributed by atoms with Crippen LogP contribution in [0.1, 0.15) is 22.3 Å². The monoisotopic (exact) mass is 579 g/mol. The summed E-state index contributed by atoms with van der Waals surface area (Å²) in [5.41, 5.74) is 5.58. The smallest absolute Gasteiger partial charge is 0.0234 e. The topological polar surface area (TPSA) is 81.9 Å². The largest absolute Gasteiger partial charge is 0.314 e. The van der Waals surface area contributed by atoms with Crippen molar-refractivity contribution >= 4 is 0 Å². The fourth-order valence-corrected chi connectivity index (χ4v) is 5.79. The highest BCUT2D eigenvalue weighted by atomic mass is 15.2. The lowest BCUT2D eigenvalue weighted by Crippen LogP contribution is -2.41. The number of rotatable bonds is 8. The van der Waals surface area contributed by atoms with Gasteiger partial charge in [0.05, 0.1) is 0 Å². The SMILES string of the molecule is CN(Cc1cccc(CN2CCNCCNCCNCC2)c1)Cc1cccc(CN2CCNCCNCCNCC2)c1. The van der Waals surface area contributed by atoms with E-state index < -0.39 is 0 Å². The van der Waals surface area contributed by atoms with E-state index in [-0.39, 0.29) is 0 Å². The van der Waals surface area contributed by atoms with Crippen LogP contribution in [0, 0.1) is 0 Å². The second-order valence-electron chi connectivity index (χ2n) is 11.9. The molecule has 4 rings (SSSR count). The molecule has 2 saturated heterocycles. The van der Waals surface area contributed by atoms with Crippen LogP contribution in [-0.2, 0) is 26.2 Å². The maximum Gasteiger partial charge on any atom is 0.0234 e. The molecule has 0 saturated carbocycles. The highest BCUT2D eigenvalue weighted by Crippen LogP contribution is 2.14. The van der Waals surface area contributed by atoms with Crippen LogP contribution in [-0.4, -0.2) is 126 Å². The molecule has 0 radical (unpaired) electrons. The highest BCUT2D eigenvalue weighted by molar-refractivity contribution is 5.25. The van der Waals surface area contributed by atoms with Crippen LogP contribution in [0.2, 0.25) is 0 Å². The Morgan fingerprint density at radius 1 is 0.476 bits per heavy atom. The molecule has 0 bridgehead atoms. The van der Waals surface area contributed by atoms with Gasteiger partial charge in [-0.3, -0.25) is 14.7 Å². The predicted molar refractivity (Wildman–Crippen MR) is 176 cm³/mol. The van der Waals surface area contributed by atoms with Crippen LogP contribution in [0.25, 0.3) is 0 Å². The fourth-order valence-electron chi connectivity index (χ4n) is 5.79. The number of benzene rings is 2. The van der Waals surface area contributed by atoms with Gasteiger partial charge in [0.2, 0.25) is 0 Å². The van der Waals surface area contributed by atoms with Crippen molar-refractivity contribution in [2.45, 2.75) is 26.2 Å². The van der Waals surface area contributed by atoms with Gasteiger partial charge in [-0.25, -0.2) is 0 Å². The normalized spacial score (nSPS) is 20.2. The first-order chi connectivity index (χ1) is 20.7. The number of hydrogen-bond acceptors (Lipinski definition) is 9. The summed E-state index contributed by atoms with van der Waals surface area (Å²) in [5, 5.41) is 21.3. The summed E-state index contributed by atoms with van der Waals surface area (Å²) in [4.78, 5) is 7.59. The lowest BCUT2D eigenvalue weighted by molar-refractivity contribution is 0.262. The lowest BCUT2D eigenvalue weighted by atomic mass is 10.1. The van der Waals surface area contributed by atoms with Gasteiger partial charge in [-0.15, -0.1) is 0 Å². The van der Waals surface area contributed by atoms with Gasteiger partial charge in [0.1, 0.15) is 0 Å². The molecule has 2 aromatic rings. The van der Waals surface area contributed by atoms with Gasteiger partial charge in [-0.1, -0.05) is 48.5 Å². The first kappa shape index (κ1) is 33.0. The molecule has 6 N–H and O–H groups in total. The molecule has 234 valence electrons. The Balaban J connectivity index is 1.26. The van der Waals surface area contributed by atoms with Crippen LogP contribution in [0.3, 0.4) is 0 Å². The molecule has 2 fully saturated rings. The lowest BCUT2D eigenvalue weighted by Gasteiger charge is -2.25. The third-order valence-electron chi connectivity index (χ3n) is 8.03. The molecule has 0 atom stereocenters. The van der Waals surface area contributed by atoms with Crippen molar-refractivity contribution in [1.29, 1.82) is 0 Å². The van der Waals surface area contributed by atoms with Gasteiger partial charge in [0, 0.05) is 131 Å². The molecule has 2 heterocycles. The van der Waals surface area contributed by atoms with Gasteiger partial charge in [0.25, 0.3) is 0 Å². The molecule has 0 aromatic heterocycles. The van der Waals surface area contributed by atoms with E-state index in [0.717, 1.165) is 131 Å². The number of nitrogens with one attached hydrogen (secondary N) is 6. The standard InChI is InChI=1S/C33H57N9/c1-40(26-30-4-2-6-32(24-30)28-41-20-16-36-12-8-34-9-13-37-17-21-41)27-31-5-3-7-33(25-31)29-42-22-18-38-14-10-35-11-15-39-19-23-42/h2-7,24-25,34-39H,8-23,26-29H2,1H3. The average Bonchev–Trinajstić information content (AvgIpc) is 2.96. The molecular formula is C33H57N9. The van der Waals surface area contributed by atoms with E-state index in [9.17, 15) is 0 Å². The predicted octanol–water partition coefficient (Wildman–Crippen LogP) is 0.487. The molecule has 2 aliphatic rings. The number of nitrogens with zero attached hydrogens (tertiary/aromatic N) is 3. The van der Waals surface area contributed by atoms with Crippen molar-refractivity contribution in [3.05, 3.63) is 70.8 Å². The zero-order valence-corrected chi connectivity index (χ0v) is 26.1. The second kappa shape index (κ2) is 20.1. The maximum absolute atomic E-state index is 3.58. The minimum atomic E-state index is 0.951. The molecule has 0 unspecified atom stereocenters. The fraction of sp³-hybridized carbons (Fsp3) is 0.636. The molecule has 0 aliphatic carbocycles. The van der Waals surface area contributed by atoms with Gasteiger partial charge in [-0.05, 0) is 29.3 Å². The van der Waals surface area contributed by atoms with E-state index in [4.69, 9.17) is 0 Å². The van der Waals surface area contributed by atoms with Crippen LogP contribution in [0.15, 0.2) is 48.5 Å². The van der Waals surface area contributed by atoms with Crippen molar-refractivity contribution in [1.82, 2.24) is 46.6 Å². The third-order valence-corrected chi connectivity index (χ3v) is 8.03. The van der Waals surface area contributed by atoms with Gasteiger partial charge >= 0.3 is 0 Å². The van der Waals surface area contributed by atoms with Crippen LogP contribution in [0.4, 0.5) is 0 Å². The summed E-state index contributed by atoms with van der Waals surface area (Å²) in [7, 11) is 2.24. The Labute approximate surface area is 255 Å². The molecule has 0 amide bonds. The minimum Gasteiger partial charge on any atom is -0.314 e. The summed E-state index contributed by atoms with van der Waals surface area (Å²) >= 11 is 0. The Hall–Kier alpha value is -1.92. The second-order valence-corrected chi connectivity index (χ2v) is 11.9. The van der Waals surface area contributed by atoms with Gasteiger partial charge in [0.15, 0.2) is 0 Å². The Kier molecular flexibility index (Phi) is 15.8. The van der Waals surface area contributed by atoms with Crippen LogP contribution < -0.4 is 31.9 Å². The summed E-state index contributed by atoms with van der Waals surface area (Å²) in [5.74, 6) is 0. The van der Waals surface area contributed by atoms with Gasteiger partial charge < -0.3 is 31.9 Å². The van der Waals surface area contributed by atoms with E-state index in [1.807, 2.05) is 0 Å². The minimum absolute atomic E-state index is 0.951. The van der Waals surface area contributed by atoms with E-state index in [2.05, 4.69) is 102 Å². The van der Waals surface area contributed by atoms with Crippen LogP contribution >= 0.6 is 0 Å². The van der Waals surface area contributed by atoms with E-state index in [1.54, 1.807) is 0 Å². The van der Waals surface area contributed by atoms with Gasteiger partial charge in [-0.2, -0.15) is 0 Å². The summed E-state index contributed by atoms with van der Waals surface area (Å²) in [6.07, 6.45) is 0. The molecular weight excluding hydrogens is 522 g/mol. The Morgan fingerprint density at radius 3 is 1.14 bits per heavy atom. The molecule has 42 heavy (non-hydrogen) atoms. The zero-order chi connectivity index (χ0) is 29.1. The summed E-state index contributed by atoms with van der Waals surface area (Å²) in [6.45, 7) is 20.6. The average molecular weight is 580 g/mol. The summed E-state index contributed by atoms with van der Waals surface area (Å²) in [6, 6.07) is 18.4. The Morgan fingerprint density at radius 2 is 0.786 bits per heavy atom. The summed E-state index contributed by atoms with van der Waals surface area (Å²) < 4.78 is 0. The van der Waals surface area contributed by atoms with Crippen molar-refractivity contribution in [3.8, 4) is 0 Å². The van der Waals surface area contributed by atoms with E-state index in [0.29, 0.717) is 0 Å². The van der Waals surface area contributed by atoms with Crippen LogP contribution in [0.5, 0.6) is 0 Å². The quantitative estimate of drug-likeness (QED) is 0.268. The number of hydrogen-bond donors (Lipinski definition) is 6. The molecule has 9 heteroatoms. The van der Waals surface area contributed by atoms with Crippen molar-refractivity contribution < 1.29 is 0 Å². The first-order valence-electron chi connectivity index (χ1n) is 16.3. The zero-order valence-electron chi connectivity index (χ0n) is 26.1. The molecule has 2 aromatic carbocycles. The van der Waals surface area contributed by atoms with Crippen molar-refractivity contribution in [2.75, 3.05) is 112 Å². The van der Waals surface area contributed by atoms with Crippen molar-refractivity contribution in [3.63, 3.8) is 0 Å². The molecule has 2 aliphatic heterocycles. The highest BCUT2D eigenvalue weighted by Gasteiger charge is 2.10. The third kappa shape index (κ3) is 13.6. The first-order valence-corrected chi connectivity index (χ1v) is 16.3. The van der Waals surface area contributed by atoms with E-state index in [1.165, 1.54) is 22.3 Å². The van der Waals surface area contributed by atoms with E-state index >= 15 is 0 Å². The molecule has 0 spiro atoms. The maximum atomic E-state index is 3.58. The van der Waals surface area contributed by atoms with Crippen molar-refractivity contribution in [2.24, 2.45) is 0 Å². The Bertz CT molecular complexity index is 886.